The van der Waals surface area contributed by atoms with E-state index in [0.29, 0.717) is 27.9 Å². The van der Waals surface area contributed by atoms with Gasteiger partial charge in [-0.3, -0.25) is 0 Å². The molecule has 0 amide bonds. The molecule has 0 bridgehead atoms. The highest BCUT2D eigenvalue weighted by atomic mass is 19.4. The Morgan fingerprint density at radius 1 is 0.426 bits per heavy atom. The number of rotatable bonds is 4. The first-order valence-corrected chi connectivity index (χ1v) is 17.0. The molecule has 0 saturated heterocycles. The maximum Gasteiger partial charge on any atom is 0.418 e. The monoisotopic (exact) mass is 721 g/mol. The molecule has 0 saturated carbocycles. The Hall–Kier alpha value is -6.79. The van der Waals surface area contributed by atoms with Crippen LogP contribution in [0.25, 0.3) is 77.2 Å². The summed E-state index contributed by atoms with van der Waals surface area (Å²) in [5.74, 6) is 0. The molecule has 7 aromatic carbocycles. The van der Waals surface area contributed by atoms with Crippen LogP contribution in [-0.2, 0) is 12.4 Å². The van der Waals surface area contributed by atoms with Crippen molar-refractivity contribution in [2.24, 2.45) is 0 Å². The van der Waals surface area contributed by atoms with Crippen LogP contribution >= 0.6 is 0 Å². The van der Waals surface area contributed by atoms with E-state index in [1.54, 1.807) is 36.4 Å². The number of fused-ring (bicyclic) bond motifs is 6. The number of para-hydroxylation sites is 2. The van der Waals surface area contributed by atoms with Gasteiger partial charge in [0.15, 0.2) is 0 Å². The quantitative estimate of drug-likeness (QED) is 0.167. The van der Waals surface area contributed by atoms with Gasteiger partial charge in [0.1, 0.15) is 6.07 Å². The van der Waals surface area contributed by atoms with E-state index in [1.807, 2.05) is 66.7 Å². The molecule has 0 radical (unpaired) electrons. The number of alkyl halides is 6. The predicted molar refractivity (Wildman–Crippen MR) is 201 cm³/mol. The lowest BCUT2D eigenvalue weighted by Crippen LogP contribution is -2.16. The van der Waals surface area contributed by atoms with Gasteiger partial charge in [-0.25, -0.2) is 0 Å². The minimum atomic E-state index is -5.20. The van der Waals surface area contributed by atoms with Gasteiger partial charge in [-0.1, -0.05) is 103 Å². The highest BCUT2D eigenvalue weighted by Crippen LogP contribution is 2.45. The molecular weight excluding hydrogens is 697 g/mol. The van der Waals surface area contributed by atoms with E-state index in [-0.39, 0.29) is 6.07 Å². The van der Waals surface area contributed by atoms with E-state index >= 15 is 0 Å². The SMILES string of the molecule is N#Cc1cc(C(F)(F)F)cc(C(F)(F)F)c1-n1c2ccccc2c2cc3c(cc21)c1ccccc1n3-c1cccc(-c2ccc(-c3ccccc3)cc2)c1. The first-order valence-electron chi connectivity index (χ1n) is 17.0. The van der Waals surface area contributed by atoms with Gasteiger partial charge in [0, 0.05) is 27.2 Å². The zero-order valence-corrected chi connectivity index (χ0v) is 28.0. The van der Waals surface area contributed by atoms with E-state index in [4.69, 9.17) is 0 Å². The summed E-state index contributed by atoms with van der Waals surface area (Å²) in [6, 6.07) is 46.9. The maximum atomic E-state index is 14.7. The number of aromatic nitrogens is 2. The van der Waals surface area contributed by atoms with Gasteiger partial charge in [0.25, 0.3) is 0 Å². The van der Waals surface area contributed by atoms with Crippen LogP contribution in [0.3, 0.4) is 0 Å². The van der Waals surface area contributed by atoms with Gasteiger partial charge >= 0.3 is 12.4 Å². The lowest BCUT2D eigenvalue weighted by molar-refractivity contribution is -0.143. The molecule has 2 aromatic heterocycles. The van der Waals surface area contributed by atoms with Crippen LogP contribution in [0, 0.1) is 11.3 Å². The van der Waals surface area contributed by atoms with E-state index in [1.165, 1.54) is 4.57 Å². The molecule has 0 fully saturated rings. The number of hydrogen-bond donors (Lipinski definition) is 0. The van der Waals surface area contributed by atoms with Crippen LogP contribution in [0.2, 0.25) is 0 Å². The normalized spacial score (nSPS) is 12.2. The third-order valence-corrected chi connectivity index (χ3v) is 9.98. The van der Waals surface area contributed by atoms with Crippen LogP contribution in [0.5, 0.6) is 0 Å². The van der Waals surface area contributed by atoms with Crippen molar-refractivity contribution in [3.8, 4) is 39.7 Å². The van der Waals surface area contributed by atoms with Crippen molar-refractivity contribution in [3.05, 3.63) is 168 Å². The lowest BCUT2D eigenvalue weighted by Gasteiger charge is -2.20. The van der Waals surface area contributed by atoms with Crippen molar-refractivity contribution in [2.75, 3.05) is 0 Å². The average Bonchev–Trinajstić information content (AvgIpc) is 3.68. The summed E-state index contributed by atoms with van der Waals surface area (Å²) in [4.78, 5) is 0. The zero-order valence-electron chi connectivity index (χ0n) is 28.0. The molecule has 0 unspecified atom stereocenters. The highest BCUT2D eigenvalue weighted by molar-refractivity contribution is 6.19. The number of nitrogens with zero attached hydrogens (tertiary/aromatic N) is 3. The van der Waals surface area contributed by atoms with Gasteiger partial charge in [0.05, 0.1) is 44.4 Å². The van der Waals surface area contributed by atoms with E-state index in [2.05, 4.69) is 47.0 Å². The summed E-state index contributed by atoms with van der Waals surface area (Å²) >= 11 is 0. The fourth-order valence-corrected chi connectivity index (χ4v) is 7.60. The molecular formula is C45H25F6N3. The van der Waals surface area contributed by atoms with E-state index < -0.39 is 34.7 Å². The molecule has 262 valence electrons. The van der Waals surface area contributed by atoms with Gasteiger partial charge in [-0.2, -0.15) is 31.6 Å². The molecule has 9 heteroatoms. The van der Waals surface area contributed by atoms with Crippen LogP contribution in [0.1, 0.15) is 16.7 Å². The molecule has 0 atom stereocenters. The Morgan fingerprint density at radius 2 is 0.944 bits per heavy atom. The van der Waals surface area contributed by atoms with Crippen LogP contribution in [-0.4, -0.2) is 9.13 Å². The Balaban J connectivity index is 1.30. The molecule has 0 aliphatic rings. The summed E-state index contributed by atoms with van der Waals surface area (Å²) in [5.41, 5.74) is 2.88. The second kappa shape index (κ2) is 12.1. The van der Waals surface area contributed by atoms with Crippen LogP contribution < -0.4 is 0 Å². The molecule has 0 N–H and O–H groups in total. The summed E-state index contributed by atoms with van der Waals surface area (Å²) in [5, 5.41) is 12.8. The lowest BCUT2D eigenvalue weighted by atomic mass is 10.00. The second-order valence-electron chi connectivity index (χ2n) is 13.1. The van der Waals surface area contributed by atoms with E-state index in [9.17, 15) is 31.6 Å². The molecule has 0 aliphatic carbocycles. The fraction of sp³-hybridized carbons (Fsp3) is 0.0444. The summed E-state index contributed by atoms with van der Waals surface area (Å²) in [7, 11) is 0. The molecule has 9 rings (SSSR count). The number of hydrogen-bond acceptors (Lipinski definition) is 1. The van der Waals surface area contributed by atoms with Gasteiger partial charge in [0.2, 0.25) is 0 Å². The van der Waals surface area contributed by atoms with Gasteiger partial charge in [-0.15, -0.1) is 0 Å². The van der Waals surface area contributed by atoms with Gasteiger partial charge < -0.3 is 9.13 Å². The zero-order chi connectivity index (χ0) is 37.4. The smallest absolute Gasteiger partial charge is 0.309 e. The van der Waals surface area contributed by atoms with Crippen molar-refractivity contribution < 1.29 is 26.3 Å². The molecule has 9 aromatic rings. The van der Waals surface area contributed by atoms with Gasteiger partial charge in [-0.05, 0) is 70.8 Å². The molecule has 54 heavy (non-hydrogen) atoms. The Kier molecular flexibility index (Phi) is 7.43. The molecule has 2 heterocycles. The standard InChI is InChI=1S/C45H25F6N3/c46-44(47,48)32-21-31(26-52)43(38(23-32)45(49,50)51)54-40-16-7-5-14-35(40)37-24-41-36(25-42(37)54)34-13-4-6-15-39(34)53(41)33-12-8-11-30(22-33)29-19-17-28(18-20-29)27-9-2-1-3-10-27/h1-25H. The Bertz CT molecular complexity index is 2960. The number of benzene rings is 7. The third-order valence-electron chi connectivity index (χ3n) is 9.98. The summed E-state index contributed by atoms with van der Waals surface area (Å²) in [6.07, 6.45) is -10.3. The molecule has 0 aliphatic heterocycles. The maximum absolute atomic E-state index is 14.7. The summed E-state index contributed by atoms with van der Waals surface area (Å²) < 4.78 is 89.1. The van der Waals surface area contributed by atoms with E-state index in [0.717, 1.165) is 49.7 Å². The van der Waals surface area contributed by atoms with Crippen LogP contribution in [0.15, 0.2) is 152 Å². The minimum Gasteiger partial charge on any atom is -0.309 e. The minimum absolute atomic E-state index is 0.0867. The van der Waals surface area contributed by atoms with Crippen molar-refractivity contribution in [1.29, 1.82) is 5.26 Å². The van der Waals surface area contributed by atoms with Crippen LogP contribution in [0.4, 0.5) is 26.3 Å². The second-order valence-corrected chi connectivity index (χ2v) is 13.1. The average molecular weight is 722 g/mol. The predicted octanol–water partition coefficient (Wildman–Crippen LogP) is 13.1. The molecule has 0 spiro atoms. The largest absolute Gasteiger partial charge is 0.418 e. The first kappa shape index (κ1) is 33.1. The fourth-order valence-electron chi connectivity index (χ4n) is 7.60. The highest BCUT2D eigenvalue weighted by Gasteiger charge is 2.41. The number of halogens is 6. The topological polar surface area (TPSA) is 33.6 Å². The first-order chi connectivity index (χ1) is 26.0. The Morgan fingerprint density at radius 3 is 1.54 bits per heavy atom. The van der Waals surface area contributed by atoms with Crippen molar-refractivity contribution in [2.45, 2.75) is 12.4 Å². The Labute approximate surface area is 304 Å². The van der Waals surface area contributed by atoms with Crippen molar-refractivity contribution >= 4 is 43.6 Å². The van der Waals surface area contributed by atoms with Crippen molar-refractivity contribution in [3.63, 3.8) is 0 Å². The van der Waals surface area contributed by atoms with Crippen molar-refractivity contribution in [1.82, 2.24) is 9.13 Å². The molecule has 3 nitrogen and oxygen atoms in total. The summed E-state index contributed by atoms with van der Waals surface area (Å²) in [6.45, 7) is 0. The third kappa shape index (κ3) is 5.29. The number of nitriles is 1.